The Kier molecular flexibility index (Phi) is 3.97. The first-order valence-corrected chi connectivity index (χ1v) is 7.02. The van der Waals surface area contributed by atoms with Gasteiger partial charge in [-0.05, 0) is 46.7 Å². The number of rotatable bonds is 3. The van der Waals surface area contributed by atoms with E-state index < -0.39 is 5.97 Å². The molecule has 0 aliphatic heterocycles. The molecule has 114 valence electrons. The Morgan fingerprint density at radius 1 is 0.870 bits per heavy atom. The zero-order valence-corrected chi connectivity index (χ0v) is 12.1. The van der Waals surface area contributed by atoms with Crippen LogP contribution in [0.5, 0.6) is 17.2 Å². The Labute approximate surface area is 132 Å². The second-order valence-corrected chi connectivity index (χ2v) is 5.01. The van der Waals surface area contributed by atoms with E-state index in [2.05, 4.69) is 0 Å². The number of carbonyl (C=O) groups excluding carboxylic acids is 1. The molecular weight excluding hydrogens is 292 g/mol. The van der Waals surface area contributed by atoms with Crippen LogP contribution in [0, 0.1) is 0 Å². The molecule has 3 aromatic carbocycles. The summed E-state index contributed by atoms with van der Waals surface area (Å²) in [6.07, 6.45) is 2.77. The molecule has 4 heteroatoms. The highest BCUT2D eigenvalue weighted by atomic mass is 16.5. The minimum atomic E-state index is -0.521. The topological polar surface area (TPSA) is 66.8 Å². The fourth-order valence-corrected chi connectivity index (χ4v) is 2.19. The molecule has 3 aromatic rings. The molecule has 0 unspecified atom stereocenters. The fourth-order valence-electron chi connectivity index (χ4n) is 2.19. The lowest BCUT2D eigenvalue weighted by Crippen LogP contribution is -2.03. The van der Waals surface area contributed by atoms with Crippen molar-refractivity contribution in [2.24, 2.45) is 0 Å². The molecule has 0 aromatic heterocycles. The maximum absolute atomic E-state index is 11.9. The predicted octanol–water partition coefficient (Wildman–Crippen LogP) is 3.87. The molecule has 2 N–H and O–H groups in total. The van der Waals surface area contributed by atoms with E-state index in [1.54, 1.807) is 18.2 Å². The van der Waals surface area contributed by atoms with Crippen molar-refractivity contribution in [1.82, 2.24) is 0 Å². The number of hydrogen-bond donors (Lipinski definition) is 2. The Hall–Kier alpha value is -3.27. The van der Waals surface area contributed by atoms with E-state index in [4.69, 9.17) is 4.74 Å². The minimum absolute atomic E-state index is 0.208. The first-order valence-electron chi connectivity index (χ1n) is 7.02. The average Bonchev–Trinajstić information content (AvgIpc) is 2.56. The summed E-state index contributed by atoms with van der Waals surface area (Å²) in [4.78, 5) is 11.9. The van der Waals surface area contributed by atoms with Gasteiger partial charge in [0.25, 0.3) is 0 Å². The highest BCUT2D eigenvalue weighted by Gasteiger charge is 2.03. The lowest BCUT2D eigenvalue weighted by molar-refractivity contribution is -0.128. The van der Waals surface area contributed by atoms with Crippen molar-refractivity contribution in [3.63, 3.8) is 0 Å². The minimum Gasteiger partial charge on any atom is -0.504 e. The van der Waals surface area contributed by atoms with Crippen molar-refractivity contribution in [2.75, 3.05) is 0 Å². The van der Waals surface area contributed by atoms with Gasteiger partial charge in [-0.15, -0.1) is 0 Å². The first-order chi connectivity index (χ1) is 11.1. The third-order valence-electron chi connectivity index (χ3n) is 3.35. The van der Waals surface area contributed by atoms with Gasteiger partial charge in [-0.2, -0.15) is 0 Å². The summed E-state index contributed by atoms with van der Waals surface area (Å²) >= 11 is 0. The number of carbonyl (C=O) groups is 1. The number of phenolic OH excluding ortho intramolecular Hbond substituents is 2. The lowest BCUT2D eigenvalue weighted by atomic mass is 10.1. The molecule has 0 amide bonds. The zero-order chi connectivity index (χ0) is 16.2. The SMILES string of the molecule is O=C(/C=C/c1ccc(O)c(O)c1)Oc1ccc2ccccc2c1. The van der Waals surface area contributed by atoms with Crippen LogP contribution in [0.25, 0.3) is 16.8 Å². The van der Waals surface area contributed by atoms with Gasteiger partial charge in [0.05, 0.1) is 0 Å². The standard InChI is InChI=1S/C19H14O4/c20-17-9-5-13(11-18(17)21)6-10-19(22)23-16-8-7-14-3-1-2-4-15(14)12-16/h1-12,20-21H/b10-6+. The monoisotopic (exact) mass is 306 g/mol. The third-order valence-corrected chi connectivity index (χ3v) is 3.35. The maximum Gasteiger partial charge on any atom is 0.336 e. The first kappa shape index (κ1) is 14.7. The molecule has 0 heterocycles. The van der Waals surface area contributed by atoms with Crippen molar-refractivity contribution < 1.29 is 19.7 Å². The lowest BCUT2D eigenvalue weighted by Gasteiger charge is -2.03. The van der Waals surface area contributed by atoms with Crippen LogP contribution in [0.15, 0.2) is 66.7 Å². The van der Waals surface area contributed by atoms with Crippen LogP contribution < -0.4 is 4.74 Å². The van der Waals surface area contributed by atoms with E-state index in [1.807, 2.05) is 30.3 Å². The van der Waals surface area contributed by atoms with Crippen molar-refractivity contribution in [3.05, 3.63) is 72.3 Å². The number of benzene rings is 3. The van der Waals surface area contributed by atoms with Crippen LogP contribution in [0.2, 0.25) is 0 Å². The van der Waals surface area contributed by atoms with Crippen molar-refractivity contribution in [3.8, 4) is 17.2 Å². The maximum atomic E-state index is 11.9. The number of fused-ring (bicyclic) bond motifs is 1. The molecule has 0 fully saturated rings. The summed E-state index contributed by atoms with van der Waals surface area (Å²) in [5.74, 6) is -0.504. The van der Waals surface area contributed by atoms with Gasteiger partial charge in [-0.25, -0.2) is 4.79 Å². The molecule has 0 aliphatic rings. The van der Waals surface area contributed by atoms with Crippen LogP contribution in [-0.2, 0) is 4.79 Å². The van der Waals surface area contributed by atoms with Gasteiger partial charge in [0.2, 0.25) is 0 Å². The van der Waals surface area contributed by atoms with Gasteiger partial charge in [-0.3, -0.25) is 0 Å². The molecule has 0 radical (unpaired) electrons. The largest absolute Gasteiger partial charge is 0.504 e. The summed E-state index contributed by atoms with van der Waals surface area (Å²) < 4.78 is 5.26. The molecule has 0 aliphatic carbocycles. The summed E-state index contributed by atoms with van der Waals surface area (Å²) in [6.45, 7) is 0. The smallest absolute Gasteiger partial charge is 0.336 e. The van der Waals surface area contributed by atoms with Crippen LogP contribution in [0.4, 0.5) is 0 Å². The molecule has 0 saturated carbocycles. The van der Waals surface area contributed by atoms with Crippen molar-refractivity contribution >= 4 is 22.8 Å². The molecule has 23 heavy (non-hydrogen) atoms. The van der Waals surface area contributed by atoms with E-state index >= 15 is 0 Å². The van der Waals surface area contributed by atoms with Gasteiger partial charge in [0, 0.05) is 6.08 Å². The van der Waals surface area contributed by atoms with Crippen molar-refractivity contribution in [2.45, 2.75) is 0 Å². The molecule has 0 atom stereocenters. The molecule has 0 spiro atoms. The number of ether oxygens (including phenoxy) is 1. The van der Waals surface area contributed by atoms with Gasteiger partial charge < -0.3 is 14.9 Å². The number of aromatic hydroxyl groups is 2. The number of esters is 1. The summed E-state index contributed by atoms with van der Waals surface area (Å²) in [6, 6.07) is 17.5. The highest BCUT2D eigenvalue weighted by Crippen LogP contribution is 2.25. The molecule has 0 saturated heterocycles. The summed E-state index contributed by atoms with van der Waals surface area (Å²) in [7, 11) is 0. The highest BCUT2D eigenvalue weighted by molar-refractivity contribution is 5.90. The van der Waals surface area contributed by atoms with Gasteiger partial charge in [-0.1, -0.05) is 36.4 Å². The summed E-state index contributed by atoms with van der Waals surface area (Å²) in [5.41, 5.74) is 0.579. The number of phenols is 2. The number of hydrogen-bond acceptors (Lipinski definition) is 4. The Balaban J connectivity index is 1.72. The van der Waals surface area contributed by atoms with E-state index in [0.717, 1.165) is 10.8 Å². The summed E-state index contributed by atoms with van der Waals surface area (Å²) in [5, 5.41) is 20.7. The Morgan fingerprint density at radius 2 is 1.65 bits per heavy atom. The second kappa shape index (κ2) is 6.23. The quantitative estimate of drug-likeness (QED) is 0.334. The molecule has 3 rings (SSSR count). The fraction of sp³-hybridized carbons (Fsp3) is 0. The Bertz CT molecular complexity index is 897. The normalized spacial score (nSPS) is 11.0. The van der Waals surface area contributed by atoms with Gasteiger partial charge >= 0.3 is 5.97 Å². The Morgan fingerprint density at radius 3 is 2.43 bits per heavy atom. The van der Waals surface area contributed by atoms with Crippen molar-refractivity contribution in [1.29, 1.82) is 0 Å². The van der Waals surface area contributed by atoms with Gasteiger partial charge in [0.15, 0.2) is 11.5 Å². The van der Waals surface area contributed by atoms with E-state index in [-0.39, 0.29) is 11.5 Å². The molecule has 0 bridgehead atoms. The van der Waals surface area contributed by atoms with E-state index in [0.29, 0.717) is 11.3 Å². The third kappa shape index (κ3) is 3.49. The second-order valence-electron chi connectivity index (χ2n) is 5.01. The van der Waals surface area contributed by atoms with Crippen LogP contribution in [0.1, 0.15) is 5.56 Å². The van der Waals surface area contributed by atoms with E-state index in [1.165, 1.54) is 24.3 Å². The van der Waals surface area contributed by atoms with E-state index in [9.17, 15) is 15.0 Å². The van der Waals surface area contributed by atoms with Crippen LogP contribution >= 0.6 is 0 Å². The van der Waals surface area contributed by atoms with Crippen LogP contribution in [0.3, 0.4) is 0 Å². The molecular formula is C19H14O4. The molecule has 4 nitrogen and oxygen atoms in total. The zero-order valence-electron chi connectivity index (χ0n) is 12.1. The van der Waals surface area contributed by atoms with Crippen LogP contribution in [-0.4, -0.2) is 16.2 Å². The van der Waals surface area contributed by atoms with Gasteiger partial charge in [0.1, 0.15) is 5.75 Å². The predicted molar refractivity (Wildman–Crippen MR) is 88.4 cm³/mol. The average molecular weight is 306 g/mol.